The first-order valence-electron chi connectivity index (χ1n) is 9.96. The van der Waals surface area contributed by atoms with E-state index in [0.717, 1.165) is 34.7 Å². The molecular formula is C26H19F5. The van der Waals surface area contributed by atoms with E-state index in [4.69, 9.17) is 0 Å². The Bertz CT molecular complexity index is 1210. The highest BCUT2D eigenvalue weighted by molar-refractivity contribution is 5.88. The van der Waals surface area contributed by atoms with Gasteiger partial charge >= 0.3 is 6.18 Å². The van der Waals surface area contributed by atoms with Crippen LogP contribution in [0.4, 0.5) is 22.0 Å². The van der Waals surface area contributed by atoms with Crippen LogP contribution >= 0.6 is 0 Å². The number of fused-ring (bicyclic) bond motifs is 1. The summed E-state index contributed by atoms with van der Waals surface area (Å²) in [4.78, 5) is 0. The average molecular weight is 426 g/mol. The highest BCUT2D eigenvalue weighted by Crippen LogP contribution is 2.36. The molecule has 0 aliphatic rings. The van der Waals surface area contributed by atoms with Gasteiger partial charge in [0.2, 0.25) is 0 Å². The van der Waals surface area contributed by atoms with E-state index in [0.29, 0.717) is 17.7 Å². The second kappa shape index (κ2) is 8.14. The molecule has 0 spiro atoms. The van der Waals surface area contributed by atoms with Crippen molar-refractivity contribution in [1.82, 2.24) is 0 Å². The van der Waals surface area contributed by atoms with Crippen molar-refractivity contribution in [2.75, 3.05) is 0 Å². The maximum atomic E-state index is 13.9. The standard InChI is InChI=1S/C26H19F5/c1-2-3-16-4-5-21-13-20(11-10-19(21)12-16)17-6-8-18(9-7-17)22-14-23(27)25(24(28)15-22)26(29,30)31/h4-15H,2-3H2,1H3. The monoisotopic (exact) mass is 426 g/mol. The van der Waals surface area contributed by atoms with Crippen molar-refractivity contribution in [2.24, 2.45) is 0 Å². The molecule has 0 bridgehead atoms. The zero-order valence-electron chi connectivity index (χ0n) is 16.7. The Balaban J connectivity index is 1.65. The number of benzene rings is 4. The first kappa shape index (κ1) is 21.0. The third-order valence-electron chi connectivity index (χ3n) is 5.32. The number of aryl methyl sites for hydroxylation is 1. The number of alkyl halides is 3. The zero-order chi connectivity index (χ0) is 22.2. The van der Waals surface area contributed by atoms with Crippen molar-refractivity contribution in [3.05, 3.63) is 95.6 Å². The first-order valence-corrected chi connectivity index (χ1v) is 9.96. The Hall–Kier alpha value is -3.21. The molecule has 0 nitrogen and oxygen atoms in total. The van der Waals surface area contributed by atoms with Gasteiger partial charge in [0.05, 0.1) is 0 Å². The van der Waals surface area contributed by atoms with Crippen molar-refractivity contribution >= 4 is 10.8 Å². The molecule has 4 rings (SSSR count). The van der Waals surface area contributed by atoms with Crippen LogP contribution in [-0.4, -0.2) is 0 Å². The highest BCUT2D eigenvalue weighted by Gasteiger charge is 2.37. The maximum Gasteiger partial charge on any atom is 0.422 e. The summed E-state index contributed by atoms with van der Waals surface area (Å²) in [6.45, 7) is 2.14. The van der Waals surface area contributed by atoms with Crippen LogP contribution in [0.15, 0.2) is 72.8 Å². The molecule has 0 N–H and O–H groups in total. The fourth-order valence-corrected chi connectivity index (χ4v) is 3.78. The van der Waals surface area contributed by atoms with E-state index in [2.05, 4.69) is 37.3 Å². The SMILES string of the molecule is CCCc1ccc2cc(-c3ccc(-c4cc(F)c(C(F)(F)F)c(F)c4)cc3)ccc2c1. The van der Waals surface area contributed by atoms with E-state index in [1.807, 2.05) is 6.07 Å². The van der Waals surface area contributed by atoms with Gasteiger partial charge in [-0.1, -0.05) is 67.9 Å². The molecule has 0 unspecified atom stereocenters. The van der Waals surface area contributed by atoms with Crippen LogP contribution < -0.4 is 0 Å². The molecule has 0 amide bonds. The van der Waals surface area contributed by atoms with Crippen LogP contribution in [0.25, 0.3) is 33.0 Å². The van der Waals surface area contributed by atoms with Crippen molar-refractivity contribution in [2.45, 2.75) is 25.9 Å². The molecule has 0 saturated carbocycles. The minimum atomic E-state index is -5.08. The quantitative estimate of drug-likeness (QED) is 0.287. The van der Waals surface area contributed by atoms with Gasteiger partial charge in [-0.05, 0) is 63.2 Å². The molecule has 31 heavy (non-hydrogen) atoms. The van der Waals surface area contributed by atoms with Gasteiger partial charge in [0.1, 0.15) is 17.2 Å². The second-order valence-electron chi connectivity index (χ2n) is 7.54. The normalized spacial score (nSPS) is 11.8. The molecule has 158 valence electrons. The van der Waals surface area contributed by atoms with Crippen LogP contribution in [0.5, 0.6) is 0 Å². The Morgan fingerprint density at radius 1 is 0.613 bits per heavy atom. The lowest BCUT2D eigenvalue weighted by atomic mass is 9.96. The van der Waals surface area contributed by atoms with Crippen LogP contribution in [0, 0.1) is 11.6 Å². The minimum Gasteiger partial charge on any atom is -0.206 e. The first-order chi connectivity index (χ1) is 14.8. The maximum absolute atomic E-state index is 13.9. The topological polar surface area (TPSA) is 0 Å². The summed E-state index contributed by atoms with van der Waals surface area (Å²) >= 11 is 0. The molecular weight excluding hydrogens is 407 g/mol. The van der Waals surface area contributed by atoms with Gasteiger partial charge in [-0.3, -0.25) is 0 Å². The van der Waals surface area contributed by atoms with Gasteiger partial charge in [-0.25, -0.2) is 8.78 Å². The van der Waals surface area contributed by atoms with E-state index < -0.39 is 23.4 Å². The van der Waals surface area contributed by atoms with Gasteiger partial charge in [-0.2, -0.15) is 13.2 Å². The lowest BCUT2D eigenvalue weighted by molar-refractivity contribution is -0.142. The van der Waals surface area contributed by atoms with Crippen molar-refractivity contribution in [3.63, 3.8) is 0 Å². The third-order valence-corrected chi connectivity index (χ3v) is 5.32. The molecule has 0 heterocycles. The molecule has 4 aromatic rings. The molecule has 4 aromatic carbocycles. The predicted molar refractivity (Wildman–Crippen MR) is 114 cm³/mol. The summed E-state index contributed by atoms with van der Waals surface area (Å²) in [5.41, 5.74) is 1.79. The smallest absolute Gasteiger partial charge is 0.206 e. The van der Waals surface area contributed by atoms with Crippen LogP contribution in [-0.2, 0) is 12.6 Å². The minimum absolute atomic E-state index is 0.0523. The number of halogens is 5. The largest absolute Gasteiger partial charge is 0.422 e. The molecule has 0 atom stereocenters. The van der Waals surface area contributed by atoms with E-state index >= 15 is 0 Å². The summed E-state index contributed by atoms with van der Waals surface area (Å²) in [6, 6.07) is 20.8. The van der Waals surface area contributed by atoms with Gasteiger partial charge in [0.25, 0.3) is 0 Å². The average Bonchev–Trinajstić information content (AvgIpc) is 2.72. The predicted octanol–water partition coefficient (Wildman–Crippen LogP) is 8.42. The number of hydrogen-bond acceptors (Lipinski definition) is 0. The van der Waals surface area contributed by atoms with E-state index in [1.165, 1.54) is 5.56 Å². The Morgan fingerprint density at radius 3 is 1.71 bits per heavy atom. The van der Waals surface area contributed by atoms with Crippen molar-refractivity contribution < 1.29 is 22.0 Å². The summed E-state index contributed by atoms with van der Waals surface area (Å²) in [5.74, 6) is -3.24. The van der Waals surface area contributed by atoms with Gasteiger partial charge in [0, 0.05) is 0 Å². The van der Waals surface area contributed by atoms with E-state index in [1.54, 1.807) is 24.3 Å². The van der Waals surface area contributed by atoms with E-state index in [9.17, 15) is 22.0 Å². The number of rotatable bonds is 4. The van der Waals surface area contributed by atoms with E-state index in [-0.39, 0.29) is 5.56 Å². The summed E-state index contributed by atoms with van der Waals surface area (Å²) in [7, 11) is 0. The summed E-state index contributed by atoms with van der Waals surface area (Å²) in [5, 5.41) is 2.26. The molecule has 0 aliphatic carbocycles. The molecule has 0 radical (unpaired) electrons. The Kier molecular flexibility index (Phi) is 5.52. The number of hydrogen-bond donors (Lipinski definition) is 0. The molecule has 0 aromatic heterocycles. The van der Waals surface area contributed by atoms with Crippen LogP contribution in [0.2, 0.25) is 0 Å². The molecule has 5 heteroatoms. The van der Waals surface area contributed by atoms with Gasteiger partial charge in [-0.15, -0.1) is 0 Å². The molecule has 0 fully saturated rings. The van der Waals surface area contributed by atoms with Crippen LogP contribution in [0.3, 0.4) is 0 Å². The zero-order valence-corrected chi connectivity index (χ0v) is 16.7. The lowest BCUT2D eigenvalue weighted by Gasteiger charge is -2.12. The highest BCUT2D eigenvalue weighted by atomic mass is 19.4. The molecule has 0 saturated heterocycles. The summed E-state index contributed by atoms with van der Waals surface area (Å²) in [6.07, 6.45) is -2.96. The summed E-state index contributed by atoms with van der Waals surface area (Å²) < 4.78 is 66.1. The Labute approximate surface area is 177 Å². The lowest BCUT2D eigenvalue weighted by Crippen LogP contribution is -2.11. The van der Waals surface area contributed by atoms with Crippen molar-refractivity contribution in [3.8, 4) is 22.3 Å². The fourth-order valence-electron chi connectivity index (χ4n) is 3.78. The van der Waals surface area contributed by atoms with Gasteiger partial charge < -0.3 is 0 Å². The van der Waals surface area contributed by atoms with Gasteiger partial charge in [0.15, 0.2) is 0 Å². The van der Waals surface area contributed by atoms with Crippen molar-refractivity contribution in [1.29, 1.82) is 0 Å². The molecule has 0 aliphatic heterocycles. The fraction of sp³-hybridized carbons (Fsp3) is 0.154. The third kappa shape index (κ3) is 4.31. The Morgan fingerprint density at radius 2 is 1.13 bits per heavy atom. The second-order valence-corrected chi connectivity index (χ2v) is 7.54. The van der Waals surface area contributed by atoms with Crippen LogP contribution in [0.1, 0.15) is 24.5 Å².